The van der Waals surface area contributed by atoms with Gasteiger partial charge in [0.25, 0.3) is 0 Å². The van der Waals surface area contributed by atoms with E-state index < -0.39 is 5.60 Å². The summed E-state index contributed by atoms with van der Waals surface area (Å²) in [5.74, 6) is 0.955. The van der Waals surface area contributed by atoms with E-state index in [4.69, 9.17) is 0 Å². The lowest BCUT2D eigenvalue weighted by molar-refractivity contribution is -0.0342. The average molecular weight is 277 g/mol. The molecule has 1 N–H and O–H groups in total. The second kappa shape index (κ2) is 5.47. The van der Waals surface area contributed by atoms with Crippen LogP contribution in [-0.2, 0) is 13.0 Å². The molecule has 0 saturated heterocycles. The zero-order chi connectivity index (χ0) is 14.1. The minimum atomic E-state index is -0.549. The fourth-order valence-corrected chi connectivity index (χ4v) is 4.17. The first-order valence-corrected chi connectivity index (χ1v) is 8.24. The zero-order valence-corrected chi connectivity index (χ0v) is 12.6. The maximum absolute atomic E-state index is 10.9. The van der Waals surface area contributed by atoms with Crippen molar-refractivity contribution in [1.29, 1.82) is 0 Å². The molecule has 0 aliphatic heterocycles. The highest BCUT2D eigenvalue weighted by Gasteiger charge is 2.43. The number of aromatic nitrogens is 3. The molecule has 1 aromatic heterocycles. The van der Waals surface area contributed by atoms with Gasteiger partial charge in [-0.3, -0.25) is 4.68 Å². The Balaban J connectivity index is 1.64. The molecule has 3 rings (SSSR count). The number of hydrogen-bond acceptors (Lipinski definition) is 3. The third kappa shape index (κ3) is 2.76. The fourth-order valence-electron chi connectivity index (χ4n) is 4.17. The van der Waals surface area contributed by atoms with Crippen LogP contribution >= 0.6 is 0 Å². The molecule has 4 nitrogen and oxygen atoms in total. The van der Waals surface area contributed by atoms with Crippen molar-refractivity contribution in [2.75, 3.05) is 0 Å². The largest absolute Gasteiger partial charge is 0.389 e. The summed E-state index contributed by atoms with van der Waals surface area (Å²) in [5, 5.41) is 15.2. The molecule has 0 bridgehead atoms. The number of aryl methyl sites for hydroxylation is 1. The molecule has 2 fully saturated rings. The standard InChI is InChI=1S/C16H27N3O/c1-2-11-19-14(17-13-18-19)12-16(20)9-7-15(8-10-16)5-3-4-6-15/h13,20H,2-12H2,1H3. The molecule has 2 aliphatic carbocycles. The molecule has 2 saturated carbocycles. The van der Waals surface area contributed by atoms with Gasteiger partial charge in [0.15, 0.2) is 0 Å². The van der Waals surface area contributed by atoms with Crippen LogP contribution in [-0.4, -0.2) is 25.5 Å². The zero-order valence-electron chi connectivity index (χ0n) is 12.6. The van der Waals surface area contributed by atoms with Crippen LogP contribution < -0.4 is 0 Å². The first-order chi connectivity index (χ1) is 9.65. The van der Waals surface area contributed by atoms with Crippen molar-refractivity contribution in [2.24, 2.45) is 5.41 Å². The van der Waals surface area contributed by atoms with Crippen LogP contribution in [0, 0.1) is 5.41 Å². The minimum Gasteiger partial charge on any atom is -0.389 e. The topological polar surface area (TPSA) is 50.9 Å². The van der Waals surface area contributed by atoms with Crippen molar-refractivity contribution in [3.05, 3.63) is 12.2 Å². The van der Waals surface area contributed by atoms with Gasteiger partial charge in [0, 0.05) is 13.0 Å². The smallest absolute Gasteiger partial charge is 0.138 e. The Morgan fingerprint density at radius 3 is 2.50 bits per heavy atom. The van der Waals surface area contributed by atoms with Gasteiger partial charge in [-0.2, -0.15) is 5.10 Å². The summed E-state index contributed by atoms with van der Waals surface area (Å²) in [5.41, 5.74) is 0.0235. The van der Waals surface area contributed by atoms with Gasteiger partial charge in [-0.25, -0.2) is 4.98 Å². The first kappa shape index (κ1) is 14.1. The van der Waals surface area contributed by atoms with E-state index in [2.05, 4.69) is 17.0 Å². The monoisotopic (exact) mass is 277 g/mol. The van der Waals surface area contributed by atoms with Crippen molar-refractivity contribution in [3.63, 3.8) is 0 Å². The van der Waals surface area contributed by atoms with Crippen LogP contribution in [0.1, 0.15) is 70.5 Å². The Kier molecular flexibility index (Phi) is 3.85. The van der Waals surface area contributed by atoms with Gasteiger partial charge < -0.3 is 5.11 Å². The van der Waals surface area contributed by atoms with Gasteiger partial charge >= 0.3 is 0 Å². The second-order valence-electron chi connectivity index (χ2n) is 7.01. The van der Waals surface area contributed by atoms with Gasteiger partial charge in [-0.1, -0.05) is 19.8 Å². The molecule has 0 aromatic carbocycles. The predicted octanol–water partition coefficient (Wildman–Crippen LogP) is 3.10. The predicted molar refractivity (Wildman–Crippen MR) is 78.3 cm³/mol. The molecule has 112 valence electrons. The SMILES string of the molecule is CCCn1ncnc1CC1(O)CCC2(CCCC2)CC1. The Labute approximate surface area is 121 Å². The maximum Gasteiger partial charge on any atom is 0.138 e. The van der Waals surface area contributed by atoms with E-state index in [9.17, 15) is 5.11 Å². The number of hydrogen-bond donors (Lipinski definition) is 1. The van der Waals surface area contributed by atoms with Crippen molar-refractivity contribution in [3.8, 4) is 0 Å². The molecule has 0 unspecified atom stereocenters. The molecule has 1 spiro atoms. The van der Waals surface area contributed by atoms with Crippen molar-refractivity contribution in [2.45, 2.75) is 83.3 Å². The van der Waals surface area contributed by atoms with Crippen molar-refractivity contribution >= 4 is 0 Å². The van der Waals surface area contributed by atoms with E-state index in [0.717, 1.165) is 31.6 Å². The molecule has 0 atom stereocenters. The third-order valence-corrected chi connectivity index (χ3v) is 5.52. The normalized spacial score (nSPS) is 24.3. The van der Waals surface area contributed by atoms with Gasteiger partial charge in [0.1, 0.15) is 12.2 Å². The van der Waals surface area contributed by atoms with Crippen molar-refractivity contribution < 1.29 is 5.11 Å². The lowest BCUT2D eigenvalue weighted by atomic mass is 9.67. The van der Waals surface area contributed by atoms with Gasteiger partial charge in [0.2, 0.25) is 0 Å². The lowest BCUT2D eigenvalue weighted by Gasteiger charge is -2.42. The van der Waals surface area contributed by atoms with Crippen molar-refractivity contribution in [1.82, 2.24) is 14.8 Å². The van der Waals surface area contributed by atoms with Crippen LogP contribution in [0.4, 0.5) is 0 Å². The molecule has 2 aliphatic rings. The summed E-state index contributed by atoms with van der Waals surface area (Å²) < 4.78 is 1.96. The van der Waals surface area contributed by atoms with E-state index in [0.29, 0.717) is 11.8 Å². The number of nitrogens with zero attached hydrogens (tertiary/aromatic N) is 3. The maximum atomic E-state index is 10.9. The lowest BCUT2D eigenvalue weighted by Crippen LogP contribution is -2.40. The Morgan fingerprint density at radius 2 is 1.85 bits per heavy atom. The van der Waals surface area contributed by atoms with Crippen LogP contribution in [0.25, 0.3) is 0 Å². The van der Waals surface area contributed by atoms with E-state index >= 15 is 0 Å². The van der Waals surface area contributed by atoms with Gasteiger partial charge in [-0.05, 0) is 50.4 Å². The van der Waals surface area contributed by atoms with E-state index in [1.165, 1.54) is 38.5 Å². The van der Waals surface area contributed by atoms with E-state index in [1.54, 1.807) is 6.33 Å². The number of rotatable bonds is 4. The summed E-state index contributed by atoms with van der Waals surface area (Å²) in [6, 6.07) is 0. The Morgan fingerprint density at radius 1 is 1.15 bits per heavy atom. The highest BCUT2D eigenvalue weighted by Crippen LogP contribution is 2.51. The van der Waals surface area contributed by atoms with E-state index in [-0.39, 0.29) is 0 Å². The third-order valence-electron chi connectivity index (χ3n) is 5.52. The molecule has 1 heterocycles. The summed E-state index contributed by atoms with van der Waals surface area (Å²) >= 11 is 0. The molecular formula is C16H27N3O. The molecule has 0 radical (unpaired) electrons. The molecule has 20 heavy (non-hydrogen) atoms. The van der Waals surface area contributed by atoms with Crippen LogP contribution in [0.2, 0.25) is 0 Å². The van der Waals surface area contributed by atoms with Gasteiger partial charge in [-0.15, -0.1) is 0 Å². The highest BCUT2D eigenvalue weighted by atomic mass is 16.3. The Bertz CT molecular complexity index is 438. The average Bonchev–Trinajstić information content (AvgIpc) is 3.06. The Hall–Kier alpha value is -0.900. The van der Waals surface area contributed by atoms with Crippen LogP contribution in [0.3, 0.4) is 0 Å². The minimum absolute atomic E-state index is 0.549. The van der Waals surface area contributed by atoms with Gasteiger partial charge in [0.05, 0.1) is 5.60 Å². The summed E-state index contributed by atoms with van der Waals surface area (Å²) in [6.07, 6.45) is 13.2. The highest BCUT2D eigenvalue weighted by molar-refractivity contribution is 5.01. The summed E-state index contributed by atoms with van der Waals surface area (Å²) in [6.45, 7) is 3.04. The molecule has 0 amide bonds. The van der Waals surface area contributed by atoms with Crippen LogP contribution in [0.15, 0.2) is 6.33 Å². The fraction of sp³-hybridized carbons (Fsp3) is 0.875. The summed E-state index contributed by atoms with van der Waals surface area (Å²) in [7, 11) is 0. The molecular weight excluding hydrogens is 250 g/mol. The second-order valence-corrected chi connectivity index (χ2v) is 7.01. The van der Waals surface area contributed by atoms with Crippen LogP contribution in [0.5, 0.6) is 0 Å². The molecule has 4 heteroatoms. The van der Waals surface area contributed by atoms with E-state index in [1.807, 2.05) is 4.68 Å². The molecule has 1 aromatic rings. The quantitative estimate of drug-likeness (QED) is 0.920. The number of aliphatic hydroxyl groups is 1. The summed E-state index contributed by atoms with van der Waals surface area (Å²) in [4.78, 5) is 4.35. The first-order valence-electron chi connectivity index (χ1n) is 8.24.